The Bertz CT molecular complexity index is 518. The summed E-state index contributed by atoms with van der Waals surface area (Å²) in [7, 11) is 0. The minimum Gasteiger partial charge on any atom is -0.390 e. The summed E-state index contributed by atoms with van der Waals surface area (Å²) in [6.45, 7) is 9.39. The summed E-state index contributed by atoms with van der Waals surface area (Å²) < 4.78 is 0. The van der Waals surface area contributed by atoms with Gasteiger partial charge in [0.15, 0.2) is 0 Å². The molecule has 0 spiro atoms. The predicted molar refractivity (Wildman–Crippen MR) is 101 cm³/mol. The molecule has 24 heavy (non-hydrogen) atoms. The average Bonchev–Trinajstić information content (AvgIpc) is 2.85. The second-order valence-corrected chi connectivity index (χ2v) is 10.2. The molecular formula is C23H38O. The number of rotatable bonds is 1. The largest absolute Gasteiger partial charge is 0.390 e. The summed E-state index contributed by atoms with van der Waals surface area (Å²) in [5, 5.41) is 10.5. The van der Waals surface area contributed by atoms with Crippen LogP contribution in [0.4, 0.5) is 0 Å². The third-order valence-corrected chi connectivity index (χ3v) is 9.08. The zero-order chi connectivity index (χ0) is 17.1. The quantitative estimate of drug-likeness (QED) is 0.587. The molecule has 4 fully saturated rings. The monoisotopic (exact) mass is 330 g/mol. The molecule has 8 atom stereocenters. The van der Waals surface area contributed by atoms with Gasteiger partial charge in [0, 0.05) is 0 Å². The van der Waals surface area contributed by atoms with E-state index in [9.17, 15) is 5.11 Å². The summed E-state index contributed by atoms with van der Waals surface area (Å²) in [6.07, 6.45) is 14.3. The topological polar surface area (TPSA) is 20.2 Å². The van der Waals surface area contributed by atoms with Crippen LogP contribution in [0.15, 0.2) is 11.6 Å². The first-order chi connectivity index (χ1) is 11.4. The molecule has 0 aromatic carbocycles. The lowest BCUT2D eigenvalue weighted by atomic mass is 9.48. The van der Waals surface area contributed by atoms with Gasteiger partial charge in [-0.05, 0) is 106 Å². The fraction of sp³-hybridized carbons (Fsp3) is 0.913. The highest BCUT2D eigenvalue weighted by Gasteiger charge is 2.58. The lowest BCUT2D eigenvalue weighted by Crippen LogP contribution is -2.50. The molecule has 0 radical (unpaired) electrons. The Balaban J connectivity index is 1.61. The number of aliphatic hydroxyl groups is 1. The van der Waals surface area contributed by atoms with Crippen molar-refractivity contribution in [1.29, 1.82) is 0 Å². The first-order valence-corrected chi connectivity index (χ1v) is 10.8. The van der Waals surface area contributed by atoms with E-state index in [1.54, 1.807) is 5.57 Å². The number of hydrogen-bond donors (Lipinski definition) is 1. The molecule has 0 aromatic rings. The molecule has 1 unspecified atom stereocenters. The normalized spacial score (nSPS) is 55.8. The molecular weight excluding hydrogens is 292 g/mol. The average molecular weight is 331 g/mol. The maximum Gasteiger partial charge on any atom is 0.0622 e. The second kappa shape index (κ2) is 5.86. The van der Waals surface area contributed by atoms with Gasteiger partial charge in [0.1, 0.15) is 0 Å². The molecule has 0 heterocycles. The van der Waals surface area contributed by atoms with Crippen LogP contribution in [-0.2, 0) is 0 Å². The Labute approximate surface area is 149 Å². The van der Waals surface area contributed by atoms with Gasteiger partial charge in [0.25, 0.3) is 0 Å². The van der Waals surface area contributed by atoms with Gasteiger partial charge in [-0.3, -0.25) is 0 Å². The number of hydrogen-bond acceptors (Lipinski definition) is 1. The first kappa shape index (κ1) is 17.1. The Kier molecular flexibility index (Phi) is 4.18. The molecule has 4 rings (SSSR count). The molecule has 0 bridgehead atoms. The van der Waals surface area contributed by atoms with Crippen molar-refractivity contribution in [2.24, 2.45) is 40.9 Å². The van der Waals surface area contributed by atoms with Crippen molar-refractivity contribution in [2.45, 2.75) is 91.1 Å². The third kappa shape index (κ3) is 2.44. The Hall–Kier alpha value is -0.300. The highest BCUT2D eigenvalue weighted by atomic mass is 16.3. The SMILES string of the molecule is C/C=C1\CC(CC)[C@H]2[C@@H]3CC[C@@H]4C[C@](C)(O)CC[C@@H]4[C@H]3CC[C@]12C. The van der Waals surface area contributed by atoms with Gasteiger partial charge in [0.05, 0.1) is 5.60 Å². The summed E-state index contributed by atoms with van der Waals surface area (Å²) in [5.74, 6) is 5.52. The lowest BCUT2D eigenvalue weighted by molar-refractivity contribution is -0.0969. The molecule has 136 valence electrons. The summed E-state index contributed by atoms with van der Waals surface area (Å²) in [5.41, 5.74) is 1.91. The maximum absolute atomic E-state index is 10.5. The van der Waals surface area contributed by atoms with Crippen LogP contribution in [0.1, 0.15) is 85.5 Å². The van der Waals surface area contributed by atoms with Gasteiger partial charge in [-0.15, -0.1) is 0 Å². The molecule has 1 nitrogen and oxygen atoms in total. The molecule has 0 aromatic heterocycles. The van der Waals surface area contributed by atoms with Crippen LogP contribution >= 0.6 is 0 Å². The highest BCUT2D eigenvalue weighted by Crippen LogP contribution is 2.66. The van der Waals surface area contributed by atoms with Crippen LogP contribution in [-0.4, -0.2) is 10.7 Å². The van der Waals surface area contributed by atoms with E-state index in [0.717, 1.165) is 48.3 Å². The van der Waals surface area contributed by atoms with Crippen LogP contribution in [0.2, 0.25) is 0 Å². The Morgan fingerprint density at radius 2 is 1.79 bits per heavy atom. The minimum absolute atomic E-state index is 0.380. The van der Waals surface area contributed by atoms with E-state index in [4.69, 9.17) is 0 Å². The van der Waals surface area contributed by atoms with E-state index < -0.39 is 0 Å². The van der Waals surface area contributed by atoms with Crippen molar-refractivity contribution >= 4 is 0 Å². The number of allylic oxidation sites excluding steroid dienone is 2. The van der Waals surface area contributed by atoms with Gasteiger partial charge in [0.2, 0.25) is 0 Å². The van der Waals surface area contributed by atoms with E-state index in [1.807, 2.05) is 0 Å². The fourth-order valence-electron chi connectivity index (χ4n) is 8.06. The Morgan fingerprint density at radius 3 is 2.50 bits per heavy atom. The van der Waals surface area contributed by atoms with Gasteiger partial charge in [-0.2, -0.15) is 0 Å². The second-order valence-electron chi connectivity index (χ2n) is 10.2. The van der Waals surface area contributed by atoms with Gasteiger partial charge in [-0.1, -0.05) is 31.9 Å². The van der Waals surface area contributed by atoms with E-state index >= 15 is 0 Å². The number of fused-ring (bicyclic) bond motifs is 5. The van der Waals surface area contributed by atoms with Gasteiger partial charge < -0.3 is 5.11 Å². The van der Waals surface area contributed by atoms with Crippen LogP contribution < -0.4 is 0 Å². The third-order valence-electron chi connectivity index (χ3n) is 9.08. The standard InChI is InChI=1S/C23H38O/c1-5-15-13-17(6-2)23(4)12-10-19-18-9-11-22(3,24)14-16(18)7-8-20(19)21(15)23/h6,15-16,18-21,24H,5,7-14H2,1-4H3/b17-6+/t15?,16-,18+,19-,20-,21+,22-,23-/m1/s1. The van der Waals surface area contributed by atoms with Crippen molar-refractivity contribution in [3.05, 3.63) is 11.6 Å². The van der Waals surface area contributed by atoms with Crippen molar-refractivity contribution in [3.63, 3.8) is 0 Å². The highest BCUT2D eigenvalue weighted by molar-refractivity contribution is 5.25. The van der Waals surface area contributed by atoms with Crippen molar-refractivity contribution in [3.8, 4) is 0 Å². The molecule has 4 saturated carbocycles. The van der Waals surface area contributed by atoms with E-state index in [1.165, 1.54) is 44.9 Å². The zero-order valence-corrected chi connectivity index (χ0v) is 16.4. The fourth-order valence-corrected chi connectivity index (χ4v) is 8.06. The minimum atomic E-state index is -0.380. The van der Waals surface area contributed by atoms with Crippen LogP contribution in [0.3, 0.4) is 0 Å². The molecule has 1 N–H and O–H groups in total. The van der Waals surface area contributed by atoms with Crippen molar-refractivity contribution in [2.75, 3.05) is 0 Å². The van der Waals surface area contributed by atoms with Crippen LogP contribution in [0.5, 0.6) is 0 Å². The molecule has 0 aliphatic heterocycles. The van der Waals surface area contributed by atoms with E-state index in [0.29, 0.717) is 5.41 Å². The molecule has 4 aliphatic rings. The summed E-state index contributed by atoms with van der Waals surface area (Å²) in [6, 6.07) is 0. The van der Waals surface area contributed by atoms with Crippen LogP contribution in [0, 0.1) is 40.9 Å². The van der Waals surface area contributed by atoms with Crippen molar-refractivity contribution < 1.29 is 5.11 Å². The molecule has 1 heteroatoms. The summed E-state index contributed by atoms with van der Waals surface area (Å²) in [4.78, 5) is 0. The first-order valence-electron chi connectivity index (χ1n) is 10.8. The Morgan fingerprint density at radius 1 is 1.04 bits per heavy atom. The van der Waals surface area contributed by atoms with E-state index in [-0.39, 0.29) is 5.60 Å². The van der Waals surface area contributed by atoms with Crippen molar-refractivity contribution in [1.82, 2.24) is 0 Å². The predicted octanol–water partition coefficient (Wildman–Crippen LogP) is 5.97. The van der Waals surface area contributed by atoms with Gasteiger partial charge in [-0.25, -0.2) is 0 Å². The molecule has 0 amide bonds. The lowest BCUT2D eigenvalue weighted by Gasteiger charge is -2.57. The molecule has 4 aliphatic carbocycles. The maximum atomic E-state index is 10.5. The van der Waals surface area contributed by atoms with Gasteiger partial charge >= 0.3 is 0 Å². The summed E-state index contributed by atoms with van der Waals surface area (Å²) >= 11 is 0. The molecule has 0 saturated heterocycles. The van der Waals surface area contributed by atoms with E-state index in [2.05, 4.69) is 33.8 Å². The zero-order valence-electron chi connectivity index (χ0n) is 16.4. The smallest absolute Gasteiger partial charge is 0.0622 e. The van der Waals surface area contributed by atoms with Crippen LogP contribution in [0.25, 0.3) is 0 Å².